The van der Waals surface area contributed by atoms with Gasteiger partial charge < -0.3 is 15.2 Å². The van der Waals surface area contributed by atoms with E-state index in [2.05, 4.69) is 30.5 Å². The summed E-state index contributed by atoms with van der Waals surface area (Å²) in [6.45, 7) is 4.03. The van der Waals surface area contributed by atoms with Gasteiger partial charge >= 0.3 is 5.97 Å². The van der Waals surface area contributed by atoms with Crippen LogP contribution in [-0.2, 0) is 11.3 Å². The molecule has 4 heterocycles. The minimum absolute atomic E-state index is 0.268. The second-order valence-electron chi connectivity index (χ2n) is 6.13. The maximum Gasteiger partial charge on any atom is 0.341 e. The summed E-state index contributed by atoms with van der Waals surface area (Å²) < 4.78 is 5.96. The zero-order valence-electron chi connectivity index (χ0n) is 15.1. The number of carboxylic acids is 1. The van der Waals surface area contributed by atoms with Crippen LogP contribution in [0.2, 0.25) is 0 Å². The number of anilines is 1. The van der Waals surface area contributed by atoms with Gasteiger partial charge in [-0.3, -0.25) is 0 Å². The van der Waals surface area contributed by atoms with Gasteiger partial charge in [0.05, 0.1) is 15.9 Å². The van der Waals surface area contributed by atoms with Crippen molar-refractivity contribution in [2.45, 2.75) is 20.4 Å². The molecule has 0 spiro atoms. The van der Waals surface area contributed by atoms with E-state index in [0.717, 1.165) is 43.1 Å². The number of hydrogen-bond donors (Lipinski definition) is 2. The number of nitrogens with zero attached hydrogens (tertiary/aromatic N) is 5. The van der Waals surface area contributed by atoms with E-state index in [0.29, 0.717) is 6.54 Å². The van der Waals surface area contributed by atoms with Gasteiger partial charge in [0.1, 0.15) is 17.0 Å². The molecule has 142 valence electrons. The second-order valence-corrected chi connectivity index (χ2v) is 7.13. The molecule has 0 atom stereocenters. The van der Waals surface area contributed by atoms with Crippen LogP contribution in [0.3, 0.4) is 0 Å². The number of thiophene rings is 1. The predicted molar refractivity (Wildman–Crippen MR) is 105 cm³/mol. The Bertz CT molecular complexity index is 1180. The number of aliphatic carboxylic acids is 1. The molecule has 0 saturated heterocycles. The lowest BCUT2D eigenvalue weighted by atomic mass is 10.1. The van der Waals surface area contributed by atoms with E-state index in [-0.39, 0.29) is 5.88 Å². The number of nitrogens with one attached hydrogen (secondary N) is 1. The highest BCUT2D eigenvalue weighted by molar-refractivity contribution is 7.25. The van der Waals surface area contributed by atoms with Gasteiger partial charge in [0.25, 0.3) is 0 Å². The number of carbonyl (C=O) groups is 1. The lowest BCUT2D eigenvalue weighted by Crippen LogP contribution is -2.10. The molecule has 4 rings (SSSR count). The molecule has 0 bridgehead atoms. The molecule has 4 aromatic rings. The third-order valence-electron chi connectivity index (χ3n) is 4.26. The van der Waals surface area contributed by atoms with E-state index >= 15 is 0 Å². The van der Waals surface area contributed by atoms with Gasteiger partial charge in [-0.25, -0.2) is 19.7 Å². The molecule has 10 heteroatoms. The van der Waals surface area contributed by atoms with E-state index in [1.54, 1.807) is 12.3 Å². The minimum atomic E-state index is -1.04. The number of aromatic nitrogens is 5. The molecule has 9 nitrogen and oxygen atoms in total. The fourth-order valence-corrected chi connectivity index (χ4v) is 3.83. The van der Waals surface area contributed by atoms with Crippen molar-refractivity contribution in [1.29, 1.82) is 0 Å². The smallest absolute Gasteiger partial charge is 0.341 e. The Balaban J connectivity index is 1.57. The number of pyridine rings is 1. The first-order valence-corrected chi connectivity index (χ1v) is 9.25. The summed E-state index contributed by atoms with van der Waals surface area (Å²) in [7, 11) is 0. The monoisotopic (exact) mass is 396 g/mol. The van der Waals surface area contributed by atoms with Gasteiger partial charge in [0.15, 0.2) is 6.61 Å². The fraction of sp³-hybridized carbons (Fsp3) is 0.222. The number of fused-ring (bicyclic) bond motifs is 3. The van der Waals surface area contributed by atoms with Crippen LogP contribution < -0.4 is 10.1 Å². The van der Waals surface area contributed by atoms with Gasteiger partial charge in [0.2, 0.25) is 5.88 Å². The van der Waals surface area contributed by atoms with Crippen molar-refractivity contribution in [2.24, 2.45) is 0 Å². The summed E-state index contributed by atoms with van der Waals surface area (Å²) in [6, 6.07) is 3.45. The van der Waals surface area contributed by atoms with E-state index in [1.165, 1.54) is 17.7 Å². The Morgan fingerprint density at radius 2 is 2.07 bits per heavy atom. The first-order valence-electron chi connectivity index (χ1n) is 8.43. The highest BCUT2D eigenvalue weighted by atomic mass is 32.1. The second kappa shape index (κ2) is 7.31. The van der Waals surface area contributed by atoms with Crippen LogP contribution in [0.15, 0.2) is 24.7 Å². The molecule has 0 radical (unpaired) electrons. The number of aryl methyl sites for hydroxylation is 2. The topological polar surface area (TPSA) is 123 Å². The molecule has 28 heavy (non-hydrogen) atoms. The third-order valence-corrected chi connectivity index (χ3v) is 5.33. The fourth-order valence-electron chi connectivity index (χ4n) is 2.73. The average Bonchev–Trinajstić information content (AvgIpc) is 3.08. The van der Waals surface area contributed by atoms with Crippen molar-refractivity contribution in [3.05, 3.63) is 41.5 Å². The highest BCUT2D eigenvalue weighted by Gasteiger charge is 2.15. The SMILES string of the molecule is Cc1nnc2sc3c(NCc4ccc(OCC(=O)O)nc4)ncnc3c2c1C. The standard InChI is InChI=1S/C18H16N6O3S/c1-9-10(2)23-24-18-14(9)15-16(28-18)17(22-8-21-15)20-6-11-3-4-12(19-5-11)27-7-13(25)26/h3-5,8H,6-7H2,1-2H3,(H,25,26)(H,20,21,22). The van der Waals surface area contributed by atoms with Crippen LogP contribution in [0.4, 0.5) is 5.82 Å². The molecular formula is C18H16N6O3S. The molecule has 0 amide bonds. The number of hydrogen-bond acceptors (Lipinski definition) is 9. The Hall–Kier alpha value is -3.40. The normalized spacial score (nSPS) is 11.1. The summed E-state index contributed by atoms with van der Waals surface area (Å²) >= 11 is 1.51. The van der Waals surface area contributed by atoms with Gasteiger partial charge in [-0.2, -0.15) is 5.10 Å². The average molecular weight is 396 g/mol. The minimum Gasteiger partial charge on any atom is -0.479 e. The van der Waals surface area contributed by atoms with E-state index in [1.807, 2.05) is 19.9 Å². The highest BCUT2D eigenvalue weighted by Crippen LogP contribution is 2.36. The number of rotatable bonds is 6. The quantitative estimate of drug-likeness (QED) is 0.506. The summed E-state index contributed by atoms with van der Waals surface area (Å²) in [5.74, 6) is -0.0560. The predicted octanol–water partition coefficient (Wildman–Crippen LogP) is 2.72. The molecule has 0 fully saturated rings. The summed E-state index contributed by atoms with van der Waals surface area (Å²) in [5.41, 5.74) is 3.73. The molecule has 2 N–H and O–H groups in total. The summed E-state index contributed by atoms with van der Waals surface area (Å²) in [5, 5.41) is 21.4. The maximum absolute atomic E-state index is 10.5. The van der Waals surface area contributed by atoms with Crippen LogP contribution in [0.5, 0.6) is 5.88 Å². The van der Waals surface area contributed by atoms with Gasteiger partial charge in [-0.15, -0.1) is 16.4 Å². The zero-order valence-corrected chi connectivity index (χ0v) is 15.9. The largest absolute Gasteiger partial charge is 0.479 e. The Morgan fingerprint density at radius 1 is 1.21 bits per heavy atom. The molecule has 0 saturated carbocycles. The van der Waals surface area contributed by atoms with Crippen molar-refractivity contribution in [3.8, 4) is 5.88 Å². The lowest BCUT2D eigenvalue weighted by molar-refractivity contribution is -0.139. The first kappa shape index (κ1) is 18.0. The Morgan fingerprint density at radius 3 is 2.82 bits per heavy atom. The third kappa shape index (κ3) is 3.41. The maximum atomic E-state index is 10.5. The Kier molecular flexibility index (Phi) is 4.70. The summed E-state index contributed by atoms with van der Waals surface area (Å²) in [6.07, 6.45) is 3.17. The van der Waals surface area contributed by atoms with E-state index in [9.17, 15) is 4.79 Å². The molecule has 4 aromatic heterocycles. The first-order chi connectivity index (χ1) is 13.5. The molecule has 0 aliphatic rings. The lowest BCUT2D eigenvalue weighted by Gasteiger charge is -2.07. The molecular weight excluding hydrogens is 380 g/mol. The van der Waals surface area contributed by atoms with E-state index < -0.39 is 12.6 Å². The molecule has 0 aromatic carbocycles. The van der Waals surface area contributed by atoms with Gasteiger partial charge in [-0.05, 0) is 25.0 Å². The van der Waals surface area contributed by atoms with Crippen LogP contribution >= 0.6 is 11.3 Å². The van der Waals surface area contributed by atoms with Crippen molar-refractivity contribution in [3.63, 3.8) is 0 Å². The van der Waals surface area contributed by atoms with Crippen LogP contribution in [0, 0.1) is 13.8 Å². The van der Waals surface area contributed by atoms with Crippen LogP contribution in [0.1, 0.15) is 16.8 Å². The van der Waals surface area contributed by atoms with Crippen molar-refractivity contribution in [1.82, 2.24) is 25.1 Å². The van der Waals surface area contributed by atoms with Crippen LogP contribution in [-0.4, -0.2) is 42.8 Å². The zero-order chi connectivity index (χ0) is 19.7. The van der Waals surface area contributed by atoms with E-state index in [4.69, 9.17) is 9.84 Å². The summed E-state index contributed by atoms with van der Waals surface area (Å²) in [4.78, 5) is 24.3. The van der Waals surface area contributed by atoms with Crippen molar-refractivity contribution < 1.29 is 14.6 Å². The van der Waals surface area contributed by atoms with Gasteiger partial charge in [0, 0.05) is 24.2 Å². The van der Waals surface area contributed by atoms with Crippen LogP contribution in [0.25, 0.3) is 20.4 Å². The van der Waals surface area contributed by atoms with Gasteiger partial charge in [-0.1, -0.05) is 6.07 Å². The molecule has 0 aliphatic heterocycles. The van der Waals surface area contributed by atoms with Crippen molar-refractivity contribution >= 4 is 43.6 Å². The van der Waals surface area contributed by atoms with Crippen molar-refractivity contribution in [2.75, 3.05) is 11.9 Å². The molecule has 0 unspecified atom stereocenters. The number of carboxylic acid groups (broad SMARTS) is 1. The molecule has 0 aliphatic carbocycles. The number of ether oxygens (including phenoxy) is 1. The Labute approximate surface area is 163 Å².